The smallest absolute Gasteiger partial charge is 0.291 e. The zero-order valence-electron chi connectivity index (χ0n) is 10.3. The number of ether oxygens (including phenoxy) is 2. The van der Waals surface area contributed by atoms with Crippen molar-refractivity contribution in [2.45, 2.75) is 0 Å². The van der Waals surface area contributed by atoms with Crippen molar-refractivity contribution in [2.24, 2.45) is 4.99 Å². The molecule has 0 aliphatic rings. The summed E-state index contributed by atoms with van der Waals surface area (Å²) in [6.45, 7) is 0.750. The number of halogens is 1. The van der Waals surface area contributed by atoms with Crippen molar-refractivity contribution < 1.29 is 18.7 Å². The van der Waals surface area contributed by atoms with Gasteiger partial charge in [0.05, 0.1) is 25.8 Å². The number of carbonyl (C=O) groups is 1. The van der Waals surface area contributed by atoms with Gasteiger partial charge in [-0.3, -0.25) is 10.1 Å². The summed E-state index contributed by atoms with van der Waals surface area (Å²) in [6.07, 6.45) is 0. The number of amides is 1. The molecule has 5 nitrogen and oxygen atoms in total. The number of benzene rings is 1. The predicted molar refractivity (Wildman–Crippen MR) is 65.1 cm³/mol. The molecule has 0 radical (unpaired) electrons. The average molecular weight is 254 g/mol. The molecule has 0 saturated heterocycles. The highest BCUT2D eigenvalue weighted by atomic mass is 19.1. The Balaban J connectivity index is 2.68. The fourth-order valence-corrected chi connectivity index (χ4v) is 1.20. The Kier molecular flexibility index (Phi) is 5.79. The standard InChI is InChI=1S/C12H15FN2O3/c1-17-8-7-14-12(18-2)15-11(16)9-5-3-4-6-10(9)13/h3-6H,7-8H2,1-2H3,(H,14,15,16). The van der Waals surface area contributed by atoms with Gasteiger partial charge in [-0.05, 0) is 12.1 Å². The second-order valence-corrected chi connectivity index (χ2v) is 3.32. The number of amidine groups is 1. The average Bonchev–Trinajstić information content (AvgIpc) is 2.38. The molecule has 0 saturated carbocycles. The number of aliphatic imine (C=N–C) groups is 1. The van der Waals surface area contributed by atoms with Crippen LogP contribution in [0.2, 0.25) is 0 Å². The molecular formula is C12H15FN2O3. The van der Waals surface area contributed by atoms with E-state index in [2.05, 4.69) is 10.3 Å². The Morgan fingerprint density at radius 3 is 2.72 bits per heavy atom. The van der Waals surface area contributed by atoms with E-state index in [-0.39, 0.29) is 11.6 Å². The molecule has 6 heteroatoms. The molecule has 1 aromatic carbocycles. The van der Waals surface area contributed by atoms with Gasteiger partial charge in [-0.15, -0.1) is 0 Å². The van der Waals surface area contributed by atoms with Crippen LogP contribution in [-0.2, 0) is 9.47 Å². The van der Waals surface area contributed by atoms with Crippen molar-refractivity contribution in [3.63, 3.8) is 0 Å². The molecular weight excluding hydrogens is 239 g/mol. The fourth-order valence-electron chi connectivity index (χ4n) is 1.20. The van der Waals surface area contributed by atoms with Crippen LogP contribution < -0.4 is 5.32 Å². The number of carbonyl (C=O) groups excluding carboxylic acids is 1. The molecule has 0 spiro atoms. The van der Waals surface area contributed by atoms with Crippen LogP contribution in [-0.4, -0.2) is 39.3 Å². The Morgan fingerprint density at radius 1 is 1.39 bits per heavy atom. The van der Waals surface area contributed by atoms with Crippen molar-refractivity contribution in [2.75, 3.05) is 27.4 Å². The zero-order chi connectivity index (χ0) is 13.4. The van der Waals surface area contributed by atoms with Gasteiger partial charge in [0.1, 0.15) is 5.82 Å². The third-order valence-corrected chi connectivity index (χ3v) is 2.08. The molecule has 0 atom stereocenters. The van der Waals surface area contributed by atoms with Crippen LogP contribution in [0, 0.1) is 5.82 Å². The maximum Gasteiger partial charge on any atom is 0.291 e. The quantitative estimate of drug-likeness (QED) is 0.499. The van der Waals surface area contributed by atoms with E-state index >= 15 is 0 Å². The SMILES string of the molecule is COCCN=C(NC(=O)c1ccccc1F)OC. The topological polar surface area (TPSA) is 59.9 Å². The summed E-state index contributed by atoms with van der Waals surface area (Å²) in [6, 6.07) is 5.71. The van der Waals surface area contributed by atoms with E-state index in [0.717, 1.165) is 0 Å². The number of rotatable bonds is 4. The first kappa shape index (κ1) is 14.1. The van der Waals surface area contributed by atoms with Gasteiger partial charge in [0.25, 0.3) is 11.9 Å². The molecule has 0 bridgehead atoms. The molecule has 1 amide bonds. The number of nitrogens with one attached hydrogen (secondary N) is 1. The lowest BCUT2D eigenvalue weighted by Gasteiger charge is -2.07. The lowest BCUT2D eigenvalue weighted by Crippen LogP contribution is -2.32. The maximum absolute atomic E-state index is 13.3. The first-order chi connectivity index (χ1) is 8.69. The van der Waals surface area contributed by atoms with E-state index in [0.29, 0.717) is 13.2 Å². The summed E-state index contributed by atoms with van der Waals surface area (Å²) >= 11 is 0. The van der Waals surface area contributed by atoms with Gasteiger partial charge in [-0.25, -0.2) is 9.38 Å². The van der Waals surface area contributed by atoms with Crippen LogP contribution in [0.5, 0.6) is 0 Å². The van der Waals surface area contributed by atoms with Gasteiger partial charge in [0, 0.05) is 7.11 Å². The summed E-state index contributed by atoms with van der Waals surface area (Å²) < 4.78 is 23.0. The zero-order valence-corrected chi connectivity index (χ0v) is 10.3. The molecule has 0 aliphatic heterocycles. The molecule has 1 N–H and O–H groups in total. The molecule has 0 aromatic heterocycles. The molecule has 1 rings (SSSR count). The van der Waals surface area contributed by atoms with Crippen molar-refractivity contribution in [1.82, 2.24) is 5.32 Å². The van der Waals surface area contributed by atoms with E-state index in [4.69, 9.17) is 9.47 Å². The summed E-state index contributed by atoms with van der Waals surface area (Å²) in [7, 11) is 2.91. The Labute approximate surface area is 105 Å². The van der Waals surface area contributed by atoms with E-state index in [1.54, 1.807) is 13.2 Å². The van der Waals surface area contributed by atoms with E-state index in [1.807, 2.05) is 0 Å². The van der Waals surface area contributed by atoms with Crippen molar-refractivity contribution in [3.05, 3.63) is 35.6 Å². The Hall–Kier alpha value is -1.95. The largest absolute Gasteiger partial charge is 0.468 e. The van der Waals surface area contributed by atoms with Gasteiger partial charge in [0.2, 0.25) is 0 Å². The Morgan fingerprint density at radius 2 is 2.11 bits per heavy atom. The van der Waals surface area contributed by atoms with Crippen molar-refractivity contribution in [3.8, 4) is 0 Å². The fraction of sp³-hybridized carbons (Fsp3) is 0.333. The van der Waals surface area contributed by atoms with Gasteiger partial charge in [0.15, 0.2) is 0 Å². The Bertz CT molecular complexity index is 435. The van der Waals surface area contributed by atoms with Crippen LogP contribution in [0.1, 0.15) is 10.4 Å². The van der Waals surface area contributed by atoms with Crippen LogP contribution >= 0.6 is 0 Å². The summed E-state index contributed by atoms with van der Waals surface area (Å²) in [5.74, 6) is -1.20. The summed E-state index contributed by atoms with van der Waals surface area (Å²) in [5, 5.41) is 2.38. The molecule has 98 valence electrons. The lowest BCUT2D eigenvalue weighted by atomic mass is 10.2. The van der Waals surface area contributed by atoms with Crippen LogP contribution in [0.3, 0.4) is 0 Å². The third kappa shape index (κ3) is 4.14. The van der Waals surface area contributed by atoms with Crippen molar-refractivity contribution in [1.29, 1.82) is 0 Å². The van der Waals surface area contributed by atoms with Gasteiger partial charge in [-0.1, -0.05) is 12.1 Å². The molecule has 18 heavy (non-hydrogen) atoms. The first-order valence-corrected chi connectivity index (χ1v) is 5.32. The highest BCUT2D eigenvalue weighted by Crippen LogP contribution is 2.05. The van der Waals surface area contributed by atoms with Gasteiger partial charge < -0.3 is 9.47 Å². The number of hydrogen-bond acceptors (Lipinski definition) is 4. The minimum atomic E-state index is -0.605. The maximum atomic E-state index is 13.3. The second-order valence-electron chi connectivity index (χ2n) is 3.32. The van der Waals surface area contributed by atoms with E-state index in [1.165, 1.54) is 25.3 Å². The van der Waals surface area contributed by atoms with Crippen LogP contribution in [0.25, 0.3) is 0 Å². The van der Waals surface area contributed by atoms with Crippen molar-refractivity contribution >= 4 is 11.9 Å². The lowest BCUT2D eigenvalue weighted by molar-refractivity contribution is 0.0964. The highest BCUT2D eigenvalue weighted by Gasteiger charge is 2.12. The van der Waals surface area contributed by atoms with E-state index in [9.17, 15) is 9.18 Å². The second kappa shape index (κ2) is 7.39. The highest BCUT2D eigenvalue weighted by molar-refractivity contribution is 6.04. The monoisotopic (exact) mass is 254 g/mol. The minimum absolute atomic E-state index is 0.0281. The molecule has 0 fully saturated rings. The first-order valence-electron chi connectivity index (χ1n) is 5.32. The normalized spacial score (nSPS) is 11.2. The third-order valence-electron chi connectivity index (χ3n) is 2.08. The van der Waals surface area contributed by atoms with E-state index < -0.39 is 11.7 Å². The van der Waals surface area contributed by atoms with Crippen LogP contribution in [0.4, 0.5) is 4.39 Å². The van der Waals surface area contributed by atoms with Gasteiger partial charge >= 0.3 is 0 Å². The molecule has 1 aromatic rings. The summed E-state index contributed by atoms with van der Waals surface area (Å²) in [4.78, 5) is 15.7. The predicted octanol–water partition coefficient (Wildman–Crippen LogP) is 1.20. The van der Waals surface area contributed by atoms with Crippen LogP contribution in [0.15, 0.2) is 29.3 Å². The number of methoxy groups -OCH3 is 2. The number of hydrogen-bond donors (Lipinski definition) is 1. The molecule has 0 unspecified atom stereocenters. The minimum Gasteiger partial charge on any atom is -0.468 e. The summed E-state index contributed by atoms with van der Waals surface area (Å²) in [5.41, 5.74) is -0.0611. The van der Waals surface area contributed by atoms with Gasteiger partial charge in [-0.2, -0.15) is 0 Å². The number of nitrogens with zero attached hydrogens (tertiary/aromatic N) is 1. The molecule has 0 aliphatic carbocycles. The molecule has 0 heterocycles.